The molecule has 3 heteroatoms. The second-order valence-electron chi connectivity index (χ2n) is 8.26. The Morgan fingerprint density at radius 3 is 2.77 bits per heavy atom. The van der Waals surface area contributed by atoms with Crippen LogP contribution in [0.1, 0.15) is 61.6 Å². The van der Waals surface area contributed by atoms with Crippen LogP contribution in [0.3, 0.4) is 0 Å². The van der Waals surface area contributed by atoms with Crippen LogP contribution in [-0.2, 0) is 4.79 Å². The molecular formula is C23H34N2O. The van der Waals surface area contributed by atoms with Crippen molar-refractivity contribution < 1.29 is 4.79 Å². The van der Waals surface area contributed by atoms with E-state index >= 15 is 0 Å². The summed E-state index contributed by atoms with van der Waals surface area (Å²) in [6, 6.07) is 6.78. The molecule has 0 aromatic heterocycles. The lowest BCUT2D eigenvalue weighted by Gasteiger charge is -2.29. The van der Waals surface area contributed by atoms with Gasteiger partial charge in [0.1, 0.15) is 0 Å². The molecule has 0 atom stereocenters. The van der Waals surface area contributed by atoms with Crippen molar-refractivity contribution in [3.05, 3.63) is 40.5 Å². The van der Waals surface area contributed by atoms with Gasteiger partial charge in [-0.3, -0.25) is 4.79 Å². The Balaban J connectivity index is 1.63. The molecule has 1 heterocycles. The predicted octanol–water partition coefficient (Wildman–Crippen LogP) is 4.48. The molecule has 1 saturated carbocycles. The zero-order valence-electron chi connectivity index (χ0n) is 16.7. The highest BCUT2D eigenvalue weighted by Gasteiger charge is 2.22. The van der Waals surface area contributed by atoms with E-state index in [1.165, 1.54) is 35.1 Å². The smallest absolute Gasteiger partial charge is 0.223 e. The number of rotatable bonds is 6. The summed E-state index contributed by atoms with van der Waals surface area (Å²) in [6.45, 7) is 7.38. The topological polar surface area (TPSA) is 32.3 Å². The number of carbonyl (C=O) groups is 1. The highest BCUT2D eigenvalue weighted by Crippen LogP contribution is 2.31. The van der Waals surface area contributed by atoms with Crippen molar-refractivity contribution in [1.29, 1.82) is 0 Å². The third kappa shape index (κ3) is 4.76. The largest absolute Gasteiger partial charge is 0.356 e. The molecule has 26 heavy (non-hydrogen) atoms. The Hall–Kier alpha value is -1.61. The van der Waals surface area contributed by atoms with Gasteiger partial charge in [0.25, 0.3) is 0 Å². The van der Waals surface area contributed by atoms with Crippen molar-refractivity contribution >= 4 is 11.5 Å². The third-order valence-corrected chi connectivity index (χ3v) is 6.05. The number of likely N-dealkylation sites (N-methyl/N-ethyl adjacent to an activating group) is 1. The molecule has 0 bridgehead atoms. The molecule has 1 aromatic carbocycles. The van der Waals surface area contributed by atoms with Crippen LogP contribution >= 0.6 is 0 Å². The summed E-state index contributed by atoms with van der Waals surface area (Å²) in [5.41, 5.74) is 7.22. The summed E-state index contributed by atoms with van der Waals surface area (Å²) < 4.78 is 0. The summed E-state index contributed by atoms with van der Waals surface area (Å²) in [4.78, 5) is 14.6. The van der Waals surface area contributed by atoms with Crippen LogP contribution in [-0.4, -0.2) is 37.5 Å². The van der Waals surface area contributed by atoms with E-state index in [-0.39, 0.29) is 11.8 Å². The Morgan fingerprint density at radius 2 is 2.00 bits per heavy atom. The van der Waals surface area contributed by atoms with Crippen molar-refractivity contribution in [3.63, 3.8) is 0 Å². The van der Waals surface area contributed by atoms with Crippen LogP contribution in [0.25, 0.3) is 5.57 Å². The zero-order chi connectivity index (χ0) is 18.5. The molecule has 1 N–H and O–H groups in total. The standard InChI is InChI=1S/C23H34N2O/c1-17-10-11-18(2)21(15-17)22-16-25(3)14-12-19(22)9-6-13-24-23(26)20-7-4-5-8-20/h10-11,15,20H,4-9,12-14,16H2,1-3H3,(H,24,26). The maximum atomic E-state index is 12.2. The average molecular weight is 355 g/mol. The number of benzene rings is 1. The van der Waals surface area contributed by atoms with Gasteiger partial charge in [-0.25, -0.2) is 0 Å². The summed E-state index contributed by atoms with van der Waals surface area (Å²) in [5, 5.41) is 3.18. The normalized spacial score (nSPS) is 19.2. The van der Waals surface area contributed by atoms with E-state index in [0.717, 1.165) is 51.7 Å². The van der Waals surface area contributed by atoms with Crippen LogP contribution in [0, 0.1) is 19.8 Å². The number of nitrogens with zero attached hydrogens (tertiary/aromatic N) is 1. The molecule has 1 aliphatic carbocycles. The first kappa shape index (κ1) is 19.2. The zero-order valence-corrected chi connectivity index (χ0v) is 16.7. The number of amides is 1. The first-order valence-electron chi connectivity index (χ1n) is 10.3. The molecule has 0 saturated heterocycles. The molecule has 1 amide bonds. The molecule has 0 spiro atoms. The monoisotopic (exact) mass is 354 g/mol. The lowest BCUT2D eigenvalue weighted by Crippen LogP contribution is -2.30. The van der Waals surface area contributed by atoms with E-state index in [4.69, 9.17) is 0 Å². The SMILES string of the molecule is Cc1ccc(C)c(C2=C(CCCNC(=O)C3CCCC3)CCN(C)C2)c1. The van der Waals surface area contributed by atoms with E-state index in [1.807, 2.05) is 0 Å². The quantitative estimate of drug-likeness (QED) is 0.764. The second kappa shape index (κ2) is 8.85. The fourth-order valence-corrected chi connectivity index (χ4v) is 4.40. The Bertz CT molecular complexity index is 671. The fourth-order valence-electron chi connectivity index (χ4n) is 4.40. The third-order valence-electron chi connectivity index (χ3n) is 6.05. The van der Waals surface area contributed by atoms with Crippen molar-refractivity contribution in [2.45, 2.75) is 58.8 Å². The maximum absolute atomic E-state index is 12.2. The van der Waals surface area contributed by atoms with E-state index in [9.17, 15) is 4.79 Å². The van der Waals surface area contributed by atoms with Crippen molar-refractivity contribution in [1.82, 2.24) is 10.2 Å². The molecule has 0 radical (unpaired) electrons. The van der Waals surface area contributed by atoms with Gasteiger partial charge in [0.05, 0.1) is 0 Å². The second-order valence-corrected chi connectivity index (χ2v) is 8.26. The molecule has 1 aromatic rings. The molecule has 3 nitrogen and oxygen atoms in total. The van der Waals surface area contributed by atoms with Gasteiger partial charge in [0.2, 0.25) is 5.91 Å². The molecule has 142 valence electrons. The van der Waals surface area contributed by atoms with Crippen molar-refractivity contribution in [2.24, 2.45) is 5.92 Å². The van der Waals surface area contributed by atoms with Crippen LogP contribution in [0.15, 0.2) is 23.8 Å². The number of aryl methyl sites for hydroxylation is 2. The number of hydrogen-bond acceptors (Lipinski definition) is 2. The molecular weight excluding hydrogens is 320 g/mol. The summed E-state index contributed by atoms with van der Waals surface area (Å²) in [7, 11) is 2.21. The van der Waals surface area contributed by atoms with E-state index in [1.54, 1.807) is 5.57 Å². The van der Waals surface area contributed by atoms with Gasteiger partial charge in [-0.05, 0) is 69.7 Å². The minimum absolute atomic E-state index is 0.281. The molecule has 1 fully saturated rings. The van der Waals surface area contributed by atoms with Crippen LogP contribution < -0.4 is 5.32 Å². The van der Waals surface area contributed by atoms with Gasteiger partial charge in [-0.1, -0.05) is 42.2 Å². The number of carbonyl (C=O) groups excluding carboxylic acids is 1. The lowest BCUT2D eigenvalue weighted by atomic mass is 9.88. The van der Waals surface area contributed by atoms with E-state index < -0.39 is 0 Å². The van der Waals surface area contributed by atoms with Gasteiger partial charge < -0.3 is 10.2 Å². The number of nitrogens with one attached hydrogen (secondary N) is 1. The molecule has 3 rings (SSSR count). The van der Waals surface area contributed by atoms with Gasteiger partial charge in [0, 0.05) is 25.6 Å². The fraction of sp³-hybridized carbons (Fsp3) is 0.609. The molecule has 0 unspecified atom stereocenters. The van der Waals surface area contributed by atoms with Gasteiger partial charge in [-0.15, -0.1) is 0 Å². The predicted molar refractivity (Wildman–Crippen MR) is 109 cm³/mol. The summed E-state index contributed by atoms with van der Waals surface area (Å²) in [6.07, 6.45) is 7.90. The van der Waals surface area contributed by atoms with Crippen molar-refractivity contribution in [3.8, 4) is 0 Å². The van der Waals surface area contributed by atoms with Gasteiger partial charge in [-0.2, -0.15) is 0 Å². The average Bonchev–Trinajstić information content (AvgIpc) is 3.16. The Kier molecular flexibility index (Phi) is 6.53. The van der Waals surface area contributed by atoms with Crippen LogP contribution in [0.5, 0.6) is 0 Å². The van der Waals surface area contributed by atoms with Crippen molar-refractivity contribution in [2.75, 3.05) is 26.7 Å². The summed E-state index contributed by atoms with van der Waals surface area (Å²) in [5.74, 6) is 0.567. The van der Waals surface area contributed by atoms with Gasteiger partial charge in [0.15, 0.2) is 0 Å². The maximum Gasteiger partial charge on any atom is 0.223 e. The highest BCUT2D eigenvalue weighted by molar-refractivity contribution is 5.78. The molecule has 1 aliphatic heterocycles. The minimum Gasteiger partial charge on any atom is -0.356 e. The highest BCUT2D eigenvalue weighted by atomic mass is 16.1. The Labute approximate surface area is 158 Å². The molecule has 2 aliphatic rings. The first-order valence-corrected chi connectivity index (χ1v) is 10.3. The minimum atomic E-state index is 0.281. The Morgan fingerprint density at radius 1 is 1.23 bits per heavy atom. The van der Waals surface area contributed by atoms with Crippen LogP contribution in [0.4, 0.5) is 0 Å². The lowest BCUT2D eigenvalue weighted by molar-refractivity contribution is -0.124. The van der Waals surface area contributed by atoms with E-state index in [2.05, 4.69) is 49.3 Å². The first-order chi connectivity index (χ1) is 12.5. The van der Waals surface area contributed by atoms with Gasteiger partial charge >= 0.3 is 0 Å². The van der Waals surface area contributed by atoms with E-state index in [0.29, 0.717) is 0 Å². The van der Waals surface area contributed by atoms with Crippen LogP contribution in [0.2, 0.25) is 0 Å². The number of hydrogen-bond donors (Lipinski definition) is 1. The summed E-state index contributed by atoms with van der Waals surface area (Å²) >= 11 is 0.